The molecule has 84 valence electrons. The molecule has 1 aromatic rings. The molecule has 0 saturated heterocycles. The van der Waals surface area contributed by atoms with Crippen molar-refractivity contribution in [3.8, 4) is 5.75 Å². The Balaban J connectivity index is 2.51. The molecule has 0 fully saturated rings. The van der Waals surface area contributed by atoms with Crippen LogP contribution in [-0.4, -0.2) is 27.4 Å². The van der Waals surface area contributed by atoms with E-state index in [2.05, 4.69) is 5.32 Å². The van der Waals surface area contributed by atoms with Crippen molar-refractivity contribution in [2.75, 3.05) is 32.7 Å². The van der Waals surface area contributed by atoms with Crippen LogP contribution in [0.4, 0.5) is 10.1 Å². The molecule has 1 aromatic carbocycles. The molecule has 15 heavy (non-hydrogen) atoms. The summed E-state index contributed by atoms with van der Waals surface area (Å²) < 4.78 is 23.2. The minimum atomic E-state index is -0.270. The second-order valence-corrected chi connectivity index (χ2v) is 3.12. The van der Waals surface area contributed by atoms with E-state index in [1.165, 1.54) is 6.07 Å². The normalized spacial score (nSPS) is 10.1. The second-order valence-electron chi connectivity index (χ2n) is 3.12. The molecule has 4 heteroatoms. The summed E-state index contributed by atoms with van der Waals surface area (Å²) in [5.74, 6) is 0.374. The van der Waals surface area contributed by atoms with Crippen molar-refractivity contribution in [2.45, 2.75) is 6.42 Å². The molecule has 0 aliphatic heterocycles. The maximum Gasteiger partial charge on any atom is 0.146 e. The van der Waals surface area contributed by atoms with Crippen molar-refractivity contribution in [1.29, 1.82) is 0 Å². The molecule has 0 aromatic heterocycles. The minimum absolute atomic E-state index is 0.270. The Bertz CT molecular complexity index is 305. The van der Waals surface area contributed by atoms with Crippen LogP contribution in [0, 0.1) is 5.82 Å². The van der Waals surface area contributed by atoms with Crippen LogP contribution >= 0.6 is 0 Å². The van der Waals surface area contributed by atoms with Crippen molar-refractivity contribution >= 4 is 5.69 Å². The van der Waals surface area contributed by atoms with E-state index in [1.807, 2.05) is 0 Å². The van der Waals surface area contributed by atoms with E-state index in [4.69, 9.17) is 9.47 Å². The molecule has 1 rings (SSSR count). The fourth-order valence-corrected chi connectivity index (χ4v) is 1.21. The molecule has 0 spiro atoms. The number of ether oxygens (including phenoxy) is 2. The van der Waals surface area contributed by atoms with E-state index in [9.17, 15) is 4.39 Å². The molecule has 0 atom stereocenters. The van der Waals surface area contributed by atoms with E-state index in [1.54, 1.807) is 26.4 Å². The Kier molecular flexibility index (Phi) is 4.90. The fraction of sp³-hybridized carbons (Fsp3) is 0.455. The van der Waals surface area contributed by atoms with Crippen molar-refractivity contribution in [1.82, 2.24) is 0 Å². The number of benzene rings is 1. The monoisotopic (exact) mass is 213 g/mol. The van der Waals surface area contributed by atoms with Crippen LogP contribution in [0.2, 0.25) is 0 Å². The van der Waals surface area contributed by atoms with Crippen LogP contribution in [0.5, 0.6) is 5.75 Å². The molecular formula is C11H16FNO2. The van der Waals surface area contributed by atoms with Gasteiger partial charge in [-0.05, 0) is 18.6 Å². The summed E-state index contributed by atoms with van der Waals surface area (Å²) in [4.78, 5) is 0. The number of halogens is 1. The lowest BCUT2D eigenvalue weighted by molar-refractivity contribution is 0.197. The van der Waals surface area contributed by atoms with Crippen molar-refractivity contribution < 1.29 is 13.9 Å². The highest BCUT2D eigenvalue weighted by Crippen LogP contribution is 2.20. The van der Waals surface area contributed by atoms with Crippen LogP contribution < -0.4 is 10.1 Å². The van der Waals surface area contributed by atoms with Gasteiger partial charge in [-0.3, -0.25) is 0 Å². The summed E-state index contributed by atoms with van der Waals surface area (Å²) in [5, 5.41) is 2.99. The molecule has 0 radical (unpaired) electrons. The first-order valence-electron chi connectivity index (χ1n) is 4.84. The summed E-state index contributed by atoms with van der Waals surface area (Å²) >= 11 is 0. The highest BCUT2D eigenvalue weighted by atomic mass is 19.1. The molecule has 3 nitrogen and oxygen atoms in total. The van der Waals surface area contributed by atoms with Gasteiger partial charge in [0, 0.05) is 26.3 Å². The van der Waals surface area contributed by atoms with Gasteiger partial charge < -0.3 is 14.8 Å². The third-order valence-corrected chi connectivity index (χ3v) is 2.01. The van der Waals surface area contributed by atoms with Gasteiger partial charge in [-0.2, -0.15) is 0 Å². The van der Waals surface area contributed by atoms with Crippen molar-refractivity contribution in [3.05, 3.63) is 24.0 Å². The van der Waals surface area contributed by atoms with Gasteiger partial charge in [-0.1, -0.05) is 0 Å². The second kappa shape index (κ2) is 6.24. The molecule has 0 bridgehead atoms. The summed E-state index contributed by atoms with van der Waals surface area (Å²) in [6.07, 6.45) is 0.840. The molecule has 1 N–H and O–H groups in total. The average Bonchev–Trinajstić information content (AvgIpc) is 2.26. The Morgan fingerprint density at radius 1 is 1.33 bits per heavy atom. The van der Waals surface area contributed by atoms with E-state index >= 15 is 0 Å². The largest absolute Gasteiger partial charge is 0.497 e. The van der Waals surface area contributed by atoms with Crippen molar-refractivity contribution in [3.63, 3.8) is 0 Å². The zero-order valence-corrected chi connectivity index (χ0v) is 9.05. The molecule has 0 heterocycles. The first-order valence-corrected chi connectivity index (χ1v) is 4.84. The predicted molar refractivity (Wildman–Crippen MR) is 57.9 cm³/mol. The molecular weight excluding hydrogens is 197 g/mol. The quantitative estimate of drug-likeness (QED) is 0.735. The Hall–Kier alpha value is -1.29. The van der Waals surface area contributed by atoms with E-state index in [-0.39, 0.29) is 5.82 Å². The Morgan fingerprint density at radius 2 is 2.13 bits per heavy atom. The minimum Gasteiger partial charge on any atom is -0.497 e. The maximum atomic E-state index is 13.3. The number of methoxy groups -OCH3 is 2. The summed E-state index contributed by atoms with van der Waals surface area (Å²) in [7, 11) is 3.20. The first kappa shape index (κ1) is 11.8. The summed E-state index contributed by atoms with van der Waals surface area (Å²) in [5.41, 5.74) is 0.463. The Morgan fingerprint density at radius 3 is 2.80 bits per heavy atom. The predicted octanol–water partition coefficient (Wildman–Crippen LogP) is 2.28. The molecule has 0 unspecified atom stereocenters. The van der Waals surface area contributed by atoms with E-state index in [0.29, 0.717) is 24.6 Å². The van der Waals surface area contributed by atoms with Crippen LogP contribution in [0.1, 0.15) is 6.42 Å². The van der Waals surface area contributed by atoms with Crippen LogP contribution in [0.3, 0.4) is 0 Å². The highest BCUT2D eigenvalue weighted by Gasteiger charge is 2.02. The summed E-state index contributed by atoms with van der Waals surface area (Å²) in [6, 6.07) is 4.62. The lowest BCUT2D eigenvalue weighted by Gasteiger charge is -2.08. The lowest BCUT2D eigenvalue weighted by Crippen LogP contribution is -2.06. The topological polar surface area (TPSA) is 30.5 Å². The van der Waals surface area contributed by atoms with Crippen LogP contribution in [-0.2, 0) is 4.74 Å². The number of nitrogens with one attached hydrogen (secondary N) is 1. The fourth-order valence-electron chi connectivity index (χ4n) is 1.21. The molecule has 0 amide bonds. The number of hydrogen-bond acceptors (Lipinski definition) is 3. The molecule has 0 saturated carbocycles. The van der Waals surface area contributed by atoms with Crippen LogP contribution in [0.15, 0.2) is 18.2 Å². The maximum absolute atomic E-state index is 13.3. The smallest absolute Gasteiger partial charge is 0.146 e. The standard InChI is InChI=1S/C11H16FNO2/c1-14-7-3-6-13-11-8-9(15-2)4-5-10(11)12/h4-5,8,13H,3,6-7H2,1-2H3. The van der Waals surface area contributed by atoms with Gasteiger partial charge in [-0.25, -0.2) is 4.39 Å². The Labute approximate surface area is 89.2 Å². The van der Waals surface area contributed by atoms with Gasteiger partial charge in [0.2, 0.25) is 0 Å². The van der Waals surface area contributed by atoms with E-state index < -0.39 is 0 Å². The average molecular weight is 213 g/mol. The third-order valence-electron chi connectivity index (χ3n) is 2.01. The van der Waals surface area contributed by atoms with Gasteiger partial charge in [-0.15, -0.1) is 0 Å². The third kappa shape index (κ3) is 3.75. The number of rotatable bonds is 6. The zero-order valence-electron chi connectivity index (χ0n) is 9.05. The van der Waals surface area contributed by atoms with Gasteiger partial charge in [0.05, 0.1) is 12.8 Å². The van der Waals surface area contributed by atoms with Crippen molar-refractivity contribution in [2.24, 2.45) is 0 Å². The zero-order chi connectivity index (χ0) is 11.1. The summed E-state index contributed by atoms with van der Waals surface area (Å²) in [6.45, 7) is 1.34. The number of anilines is 1. The van der Waals surface area contributed by atoms with E-state index in [0.717, 1.165) is 6.42 Å². The lowest BCUT2D eigenvalue weighted by atomic mass is 10.3. The SMILES string of the molecule is COCCCNc1cc(OC)ccc1F. The van der Waals surface area contributed by atoms with Gasteiger partial charge >= 0.3 is 0 Å². The van der Waals surface area contributed by atoms with Crippen LogP contribution in [0.25, 0.3) is 0 Å². The van der Waals surface area contributed by atoms with Gasteiger partial charge in [0.1, 0.15) is 11.6 Å². The number of hydrogen-bond donors (Lipinski definition) is 1. The molecule has 0 aliphatic carbocycles. The van der Waals surface area contributed by atoms with Gasteiger partial charge in [0.25, 0.3) is 0 Å². The first-order chi connectivity index (χ1) is 7.27. The highest BCUT2D eigenvalue weighted by molar-refractivity contribution is 5.49. The molecule has 0 aliphatic rings. The van der Waals surface area contributed by atoms with Gasteiger partial charge in [0.15, 0.2) is 0 Å².